The molecule has 0 aliphatic carbocycles. The van der Waals surface area contributed by atoms with Crippen molar-refractivity contribution >= 4 is 52.1 Å². The molecule has 4 nitrogen and oxygen atoms in total. The van der Waals surface area contributed by atoms with Gasteiger partial charge in [0.1, 0.15) is 0 Å². The second kappa shape index (κ2) is 7.15. The zero-order valence-electron chi connectivity index (χ0n) is 15.3. The number of piperazine rings is 1. The number of thiophene rings is 1. The van der Waals surface area contributed by atoms with Crippen LogP contribution in [0.25, 0.3) is 0 Å². The summed E-state index contributed by atoms with van der Waals surface area (Å²) in [4.78, 5) is 30.2. The predicted octanol–water partition coefficient (Wildman–Crippen LogP) is 4.82. The lowest BCUT2D eigenvalue weighted by Gasteiger charge is -2.36. The van der Waals surface area contributed by atoms with Crippen LogP contribution >= 0.6 is 34.7 Å². The zero-order chi connectivity index (χ0) is 19.2. The number of Topliss-reactive ketones (excluding diaryl/α,β-unsaturated/α-hetero) is 1. The van der Waals surface area contributed by atoms with Gasteiger partial charge in [0.2, 0.25) is 0 Å². The molecule has 3 heterocycles. The normalized spacial score (nSPS) is 19.1. The second-order valence-corrected chi connectivity index (χ2v) is 11.0. The minimum Gasteiger partial charge on any atom is -0.368 e. The Bertz CT molecular complexity index is 884. The van der Waals surface area contributed by atoms with Gasteiger partial charge in [-0.15, -0.1) is 23.1 Å². The molecule has 0 saturated carbocycles. The third-order valence-electron chi connectivity index (χ3n) is 4.92. The van der Waals surface area contributed by atoms with Crippen molar-refractivity contribution in [3.05, 3.63) is 45.8 Å². The SMILES string of the molecule is CC1(C)CC(=O)c2cc(C(=O)N3CCN(c4ccc(Cl)cc4)CC3)sc2S1. The molecule has 0 radical (unpaired) electrons. The van der Waals surface area contributed by atoms with Gasteiger partial charge in [-0.2, -0.15) is 0 Å². The fourth-order valence-corrected chi connectivity index (χ4v) is 6.60. The number of hydrogen-bond donors (Lipinski definition) is 0. The summed E-state index contributed by atoms with van der Waals surface area (Å²) < 4.78 is 0.888. The fraction of sp³-hybridized carbons (Fsp3) is 0.400. The first-order valence-electron chi connectivity index (χ1n) is 8.98. The summed E-state index contributed by atoms with van der Waals surface area (Å²) in [6, 6.07) is 9.61. The number of anilines is 1. The summed E-state index contributed by atoms with van der Waals surface area (Å²) in [5.74, 6) is 0.188. The van der Waals surface area contributed by atoms with E-state index in [-0.39, 0.29) is 16.4 Å². The van der Waals surface area contributed by atoms with E-state index in [1.54, 1.807) is 17.8 Å². The number of fused-ring (bicyclic) bond motifs is 1. The molecule has 7 heteroatoms. The molecule has 0 bridgehead atoms. The van der Waals surface area contributed by atoms with Gasteiger partial charge in [0, 0.05) is 53.6 Å². The topological polar surface area (TPSA) is 40.6 Å². The number of hydrogen-bond acceptors (Lipinski definition) is 5. The molecule has 142 valence electrons. The van der Waals surface area contributed by atoms with Crippen LogP contribution in [0.3, 0.4) is 0 Å². The lowest BCUT2D eigenvalue weighted by molar-refractivity contribution is 0.0751. The van der Waals surface area contributed by atoms with Crippen molar-refractivity contribution in [3.63, 3.8) is 0 Å². The number of carbonyl (C=O) groups excluding carboxylic acids is 2. The van der Waals surface area contributed by atoms with Gasteiger partial charge in [0.25, 0.3) is 5.91 Å². The van der Waals surface area contributed by atoms with Gasteiger partial charge in [0.05, 0.1) is 9.09 Å². The third-order valence-corrected chi connectivity index (χ3v) is 7.70. The van der Waals surface area contributed by atoms with Gasteiger partial charge in [-0.05, 0) is 44.2 Å². The van der Waals surface area contributed by atoms with E-state index in [9.17, 15) is 9.59 Å². The Morgan fingerprint density at radius 1 is 1.11 bits per heavy atom. The molecule has 1 aromatic carbocycles. The maximum Gasteiger partial charge on any atom is 0.264 e. The Hall–Kier alpha value is -1.50. The molecule has 2 aliphatic heterocycles. The van der Waals surface area contributed by atoms with Crippen molar-refractivity contribution in [2.24, 2.45) is 0 Å². The van der Waals surface area contributed by atoms with Crippen molar-refractivity contribution in [2.75, 3.05) is 31.1 Å². The van der Waals surface area contributed by atoms with Crippen LogP contribution in [-0.4, -0.2) is 47.5 Å². The Labute approximate surface area is 172 Å². The van der Waals surface area contributed by atoms with E-state index in [0.717, 1.165) is 33.6 Å². The summed E-state index contributed by atoms with van der Waals surface area (Å²) in [6.07, 6.45) is 0.523. The van der Waals surface area contributed by atoms with Crippen LogP contribution in [0.4, 0.5) is 5.69 Å². The van der Waals surface area contributed by atoms with E-state index in [1.165, 1.54) is 11.3 Å². The van der Waals surface area contributed by atoms with Crippen molar-refractivity contribution < 1.29 is 9.59 Å². The maximum atomic E-state index is 13.0. The van der Waals surface area contributed by atoms with Crippen LogP contribution in [0.5, 0.6) is 0 Å². The first-order valence-corrected chi connectivity index (χ1v) is 11.0. The molecule has 1 saturated heterocycles. The van der Waals surface area contributed by atoms with Crippen molar-refractivity contribution in [1.29, 1.82) is 0 Å². The lowest BCUT2D eigenvalue weighted by Crippen LogP contribution is -2.48. The summed E-state index contributed by atoms with van der Waals surface area (Å²) in [5.41, 5.74) is 1.86. The van der Waals surface area contributed by atoms with Crippen LogP contribution in [0, 0.1) is 0 Å². The second-order valence-electron chi connectivity index (χ2n) is 7.53. The molecule has 0 atom stereocenters. The number of thioether (sulfide) groups is 1. The molecular weight excluding hydrogens is 400 g/mol. The molecular formula is C20H21ClN2O2S2. The Balaban J connectivity index is 1.44. The highest BCUT2D eigenvalue weighted by molar-refractivity contribution is 8.02. The summed E-state index contributed by atoms with van der Waals surface area (Å²) in [5, 5.41) is 0.727. The first kappa shape index (κ1) is 18.8. The zero-order valence-corrected chi connectivity index (χ0v) is 17.7. The Morgan fingerprint density at radius 2 is 1.78 bits per heavy atom. The minimum atomic E-state index is -0.0978. The monoisotopic (exact) mass is 420 g/mol. The molecule has 2 aliphatic rings. The molecule has 1 fully saturated rings. The Morgan fingerprint density at radius 3 is 2.44 bits per heavy atom. The van der Waals surface area contributed by atoms with Crippen LogP contribution in [-0.2, 0) is 0 Å². The van der Waals surface area contributed by atoms with E-state index in [0.29, 0.717) is 24.4 Å². The average molecular weight is 421 g/mol. The highest BCUT2D eigenvalue weighted by Crippen LogP contribution is 2.46. The summed E-state index contributed by atoms with van der Waals surface area (Å²) >= 11 is 9.13. The lowest BCUT2D eigenvalue weighted by atomic mass is 10.0. The van der Waals surface area contributed by atoms with Crippen LogP contribution in [0.15, 0.2) is 34.5 Å². The fourth-order valence-electron chi connectivity index (χ4n) is 3.49. The van der Waals surface area contributed by atoms with Gasteiger partial charge >= 0.3 is 0 Å². The number of amides is 1. The van der Waals surface area contributed by atoms with Crippen molar-refractivity contribution in [1.82, 2.24) is 4.90 Å². The molecule has 1 aromatic heterocycles. The smallest absolute Gasteiger partial charge is 0.264 e. The van der Waals surface area contributed by atoms with Gasteiger partial charge < -0.3 is 9.80 Å². The van der Waals surface area contributed by atoms with E-state index in [2.05, 4.69) is 18.7 Å². The van der Waals surface area contributed by atoms with Crippen LogP contribution in [0.1, 0.15) is 40.3 Å². The van der Waals surface area contributed by atoms with E-state index >= 15 is 0 Å². The number of nitrogens with zero attached hydrogens (tertiary/aromatic N) is 2. The van der Waals surface area contributed by atoms with Gasteiger partial charge in [-0.25, -0.2) is 0 Å². The molecule has 0 N–H and O–H groups in total. The minimum absolute atomic E-state index is 0.0383. The standard InChI is InChI=1S/C20H21ClN2O2S2/c1-20(2)12-16(24)15-11-17(26-19(15)27-20)18(25)23-9-7-22(8-10-23)14-5-3-13(21)4-6-14/h3-6,11H,7-10,12H2,1-2H3. The van der Waals surface area contributed by atoms with Gasteiger partial charge in [0.15, 0.2) is 5.78 Å². The highest BCUT2D eigenvalue weighted by Gasteiger charge is 2.35. The van der Waals surface area contributed by atoms with Crippen LogP contribution in [0.2, 0.25) is 5.02 Å². The summed E-state index contributed by atoms with van der Waals surface area (Å²) in [6.45, 7) is 7.09. The predicted molar refractivity (Wildman–Crippen MR) is 113 cm³/mol. The van der Waals surface area contributed by atoms with E-state index in [4.69, 9.17) is 11.6 Å². The largest absolute Gasteiger partial charge is 0.368 e. The number of halogens is 1. The number of rotatable bonds is 2. The summed E-state index contributed by atoms with van der Waals surface area (Å²) in [7, 11) is 0. The first-order chi connectivity index (χ1) is 12.8. The molecule has 27 heavy (non-hydrogen) atoms. The van der Waals surface area contributed by atoms with Crippen molar-refractivity contribution in [3.8, 4) is 0 Å². The quantitative estimate of drug-likeness (QED) is 0.698. The van der Waals surface area contributed by atoms with Gasteiger partial charge in [-0.3, -0.25) is 9.59 Å². The van der Waals surface area contributed by atoms with Crippen molar-refractivity contribution in [2.45, 2.75) is 29.2 Å². The number of benzene rings is 1. The van der Waals surface area contributed by atoms with E-state index in [1.807, 2.05) is 29.2 Å². The Kier molecular flexibility index (Phi) is 4.99. The molecule has 4 rings (SSSR count). The van der Waals surface area contributed by atoms with E-state index < -0.39 is 0 Å². The van der Waals surface area contributed by atoms with Crippen LogP contribution < -0.4 is 4.90 Å². The number of carbonyl (C=O) groups is 2. The van der Waals surface area contributed by atoms with Gasteiger partial charge in [-0.1, -0.05) is 11.6 Å². The molecule has 1 amide bonds. The molecule has 2 aromatic rings. The molecule has 0 unspecified atom stereocenters. The number of ketones is 1. The average Bonchev–Trinajstić information content (AvgIpc) is 3.05. The highest BCUT2D eigenvalue weighted by atomic mass is 35.5. The third kappa shape index (κ3) is 3.89. The molecule has 0 spiro atoms. The maximum absolute atomic E-state index is 13.0.